The van der Waals surface area contributed by atoms with Crippen LogP contribution in [0.3, 0.4) is 0 Å². The summed E-state index contributed by atoms with van der Waals surface area (Å²) >= 11 is 0. The number of hydrogen-bond acceptors (Lipinski definition) is 4. The Bertz CT molecular complexity index is 365. The Labute approximate surface area is 120 Å². The molecule has 4 N–H and O–H groups in total. The summed E-state index contributed by atoms with van der Waals surface area (Å²) in [5, 5.41) is 14.6. The standard InChI is InChI=1S/C13H26N4O3/c1-5-8-15-10(18)9-17(4)12(19)13(6-2,7-3)11(14)16-20/h20H,5-9H2,1-4H3,(H2,14,16)(H,15,18). The zero-order valence-corrected chi connectivity index (χ0v) is 12.8. The van der Waals surface area contributed by atoms with Crippen LogP contribution in [0.25, 0.3) is 0 Å². The molecule has 0 unspecified atom stereocenters. The van der Waals surface area contributed by atoms with E-state index in [-0.39, 0.29) is 24.2 Å². The Balaban J connectivity index is 4.95. The van der Waals surface area contributed by atoms with Gasteiger partial charge in [-0.3, -0.25) is 9.59 Å². The SMILES string of the molecule is CCCNC(=O)CN(C)C(=O)C(CC)(CC)C(N)=NO. The number of amidine groups is 1. The highest BCUT2D eigenvalue weighted by Gasteiger charge is 2.41. The van der Waals surface area contributed by atoms with Crippen molar-refractivity contribution in [1.82, 2.24) is 10.2 Å². The third-order valence-electron chi connectivity index (χ3n) is 3.51. The van der Waals surface area contributed by atoms with E-state index in [0.29, 0.717) is 19.4 Å². The molecule has 0 aromatic rings. The van der Waals surface area contributed by atoms with Crippen LogP contribution in [0, 0.1) is 5.41 Å². The van der Waals surface area contributed by atoms with E-state index in [0.717, 1.165) is 6.42 Å². The molecule has 7 heteroatoms. The van der Waals surface area contributed by atoms with Gasteiger partial charge in [-0.15, -0.1) is 0 Å². The topological polar surface area (TPSA) is 108 Å². The number of nitrogens with one attached hydrogen (secondary N) is 1. The fraction of sp³-hybridized carbons (Fsp3) is 0.769. The van der Waals surface area contributed by atoms with Crippen LogP contribution >= 0.6 is 0 Å². The number of likely N-dealkylation sites (N-methyl/N-ethyl adjacent to an activating group) is 1. The van der Waals surface area contributed by atoms with Crippen LogP contribution < -0.4 is 11.1 Å². The monoisotopic (exact) mass is 286 g/mol. The van der Waals surface area contributed by atoms with E-state index in [9.17, 15) is 9.59 Å². The fourth-order valence-corrected chi connectivity index (χ4v) is 2.09. The van der Waals surface area contributed by atoms with Crippen LogP contribution in [0.5, 0.6) is 0 Å². The Morgan fingerprint density at radius 3 is 2.25 bits per heavy atom. The molecular formula is C13H26N4O3. The Hall–Kier alpha value is -1.79. The predicted octanol–water partition coefficient (Wildman–Crippen LogP) is 0.524. The molecule has 7 nitrogen and oxygen atoms in total. The van der Waals surface area contributed by atoms with Gasteiger partial charge in [-0.1, -0.05) is 25.9 Å². The summed E-state index contributed by atoms with van der Waals surface area (Å²) in [6.07, 6.45) is 1.64. The molecule has 20 heavy (non-hydrogen) atoms. The first-order chi connectivity index (χ1) is 9.39. The average Bonchev–Trinajstić information content (AvgIpc) is 2.46. The van der Waals surface area contributed by atoms with Gasteiger partial charge in [-0.2, -0.15) is 0 Å². The lowest BCUT2D eigenvalue weighted by atomic mass is 9.79. The third kappa shape index (κ3) is 4.11. The van der Waals surface area contributed by atoms with Crippen molar-refractivity contribution in [3.05, 3.63) is 0 Å². The van der Waals surface area contributed by atoms with Gasteiger partial charge in [0.2, 0.25) is 11.8 Å². The molecular weight excluding hydrogens is 260 g/mol. The number of oxime groups is 1. The molecule has 0 saturated carbocycles. The minimum absolute atomic E-state index is 0.0424. The number of rotatable bonds is 8. The molecule has 0 spiro atoms. The Morgan fingerprint density at radius 2 is 1.85 bits per heavy atom. The smallest absolute Gasteiger partial charge is 0.239 e. The van der Waals surface area contributed by atoms with Gasteiger partial charge in [-0.25, -0.2) is 0 Å². The van der Waals surface area contributed by atoms with Crippen LogP contribution in [0.1, 0.15) is 40.0 Å². The summed E-state index contributed by atoms with van der Waals surface area (Å²) in [5.41, 5.74) is 4.61. The van der Waals surface area contributed by atoms with Crippen molar-refractivity contribution in [3.63, 3.8) is 0 Å². The van der Waals surface area contributed by atoms with Crippen molar-refractivity contribution in [2.45, 2.75) is 40.0 Å². The minimum Gasteiger partial charge on any atom is -0.409 e. The first-order valence-electron chi connectivity index (χ1n) is 6.89. The molecule has 0 aliphatic carbocycles. The quantitative estimate of drug-likeness (QED) is 0.262. The van der Waals surface area contributed by atoms with E-state index in [1.165, 1.54) is 4.90 Å². The lowest BCUT2D eigenvalue weighted by Crippen LogP contribution is -2.51. The molecule has 0 aromatic carbocycles. The van der Waals surface area contributed by atoms with Gasteiger partial charge >= 0.3 is 0 Å². The van der Waals surface area contributed by atoms with Gasteiger partial charge in [0, 0.05) is 13.6 Å². The summed E-state index contributed by atoms with van der Waals surface area (Å²) in [4.78, 5) is 25.5. The molecule has 0 rings (SSSR count). The van der Waals surface area contributed by atoms with Gasteiger partial charge in [-0.05, 0) is 19.3 Å². The van der Waals surface area contributed by atoms with E-state index < -0.39 is 5.41 Å². The van der Waals surface area contributed by atoms with Crippen LogP contribution in [-0.4, -0.2) is 47.9 Å². The number of carbonyl (C=O) groups is 2. The normalized spacial score (nSPS) is 12.1. The van der Waals surface area contributed by atoms with E-state index >= 15 is 0 Å². The third-order valence-corrected chi connectivity index (χ3v) is 3.51. The maximum atomic E-state index is 12.5. The first-order valence-corrected chi connectivity index (χ1v) is 6.89. The number of nitrogens with two attached hydrogens (primary N) is 1. The predicted molar refractivity (Wildman–Crippen MR) is 77.4 cm³/mol. The number of carbonyl (C=O) groups excluding carboxylic acids is 2. The highest BCUT2D eigenvalue weighted by molar-refractivity contribution is 6.07. The number of amides is 2. The summed E-state index contributed by atoms with van der Waals surface area (Å²) in [6.45, 7) is 6.08. The second kappa shape index (κ2) is 8.39. The van der Waals surface area contributed by atoms with Gasteiger partial charge < -0.3 is 21.2 Å². The summed E-state index contributed by atoms with van der Waals surface area (Å²) < 4.78 is 0. The zero-order valence-electron chi connectivity index (χ0n) is 12.8. The summed E-state index contributed by atoms with van der Waals surface area (Å²) in [5.74, 6) is -0.652. The van der Waals surface area contributed by atoms with Crippen molar-refractivity contribution in [2.75, 3.05) is 20.1 Å². The van der Waals surface area contributed by atoms with Crippen LogP contribution in [0.4, 0.5) is 0 Å². The van der Waals surface area contributed by atoms with E-state index in [2.05, 4.69) is 10.5 Å². The molecule has 0 fully saturated rings. The molecule has 116 valence electrons. The van der Waals surface area contributed by atoms with E-state index in [1.54, 1.807) is 20.9 Å². The maximum absolute atomic E-state index is 12.5. The molecule has 0 bridgehead atoms. The average molecular weight is 286 g/mol. The molecule has 0 heterocycles. The van der Waals surface area contributed by atoms with Crippen molar-refractivity contribution in [1.29, 1.82) is 0 Å². The van der Waals surface area contributed by atoms with Crippen LogP contribution in [0.15, 0.2) is 5.16 Å². The minimum atomic E-state index is -1.06. The van der Waals surface area contributed by atoms with E-state index in [4.69, 9.17) is 10.9 Å². The number of hydrogen-bond donors (Lipinski definition) is 3. The zero-order chi connectivity index (χ0) is 15.8. The van der Waals surface area contributed by atoms with Crippen molar-refractivity contribution >= 4 is 17.6 Å². The maximum Gasteiger partial charge on any atom is 0.239 e. The lowest BCUT2D eigenvalue weighted by molar-refractivity contribution is -0.140. The van der Waals surface area contributed by atoms with Crippen molar-refractivity contribution in [2.24, 2.45) is 16.3 Å². The second-order valence-electron chi connectivity index (χ2n) is 4.79. The van der Waals surface area contributed by atoms with Crippen molar-refractivity contribution in [3.8, 4) is 0 Å². The van der Waals surface area contributed by atoms with Gasteiger partial charge in [0.05, 0.1) is 6.54 Å². The summed E-state index contributed by atoms with van der Waals surface area (Å²) in [6, 6.07) is 0. The molecule has 2 amide bonds. The highest BCUT2D eigenvalue weighted by atomic mass is 16.4. The Morgan fingerprint density at radius 1 is 1.30 bits per heavy atom. The second-order valence-corrected chi connectivity index (χ2v) is 4.79. The van der Waals surface area contributed by atoms with Crippen LogP contribution in [0.2, 0.25) is 0 Å². The summed E-state index contributed by atoms with van der Waals surface area (Å²) in [7, 11) is 1.54. The number of nitrogens with zero attached hydrogens (tertiary/aromatic N) is 2. The first kappa shape index (κ1) is 18.2. The highest BCUT2D eigenvalue weighted by Crippen LogP contribution is 2.29. The molecule has 0 radical (unpaired) electrons. The Kier molecular flexibility index (Phi) is 7.64. The molecule has 0 atom stereocenters. The molecule has 0 aliphatic heterocycles. The molecule has 0 aliphatic rings. The lowest BCUT2D eigenvalue weighted by Gasteiger charge is -2.32. The fourth-order valence-electron chi connectivity index (χ4n) is 2.09. The van der Waals surface area contributed by atoms with Crippen LogP contribution in [-0.2, 0) is 9.59 Å². The van der Waals surface area contributed by atoms with Gasteiger partial charge in [0.1, 0.15) is 5.41 Å². The molecule has 0 aromatic heterocycles. The van der Waals surface area contributed by atoms with E-state index in [1.807, 2.05) is 6.92 Å². The molecule has 0 saturated heterocycles. The van der Waals surface area contributed by atoms with Gasteiger partial charge in [0.15, 0.2) is 5.84 Å². The largest absolute Gasteiger partial charge is 0.409 e. The van der Waals surface area contributed by atoms with Crippen molar-refractivity contribution < 1.29 is 14.8 Å². The van der Waals surface area contributed by atoms with Gasteiger partial charge in [0.25, 0.3) is 0 Å².